The van der Waals surface area contributed by atoms with Crippen LogP contribution in [-0.4, -0.2) is 34.8 Å². The SMILES string of the molecule is O=C(CCSc1ccccc1)N(Cc1cccnc1)c1nc2cc3c(cc2s1)OCCO3. The number of carbonyl (C=O) groups excluding carboxylic acids is 1. The van der Waals surface area contributed by atoms with Gasteiger partial charge in [-0.1, -0.05) is 35.6 Å². The molecule has 0 fully saturated rings. The average Bonchev–Trinajstić information content (AvgIpc) is 3.24. The van der Waals surface area contributed by atoms with Crippen molar-refractivity contribution in [1.82, 2.24) is 9.97 Å². The Hall–Kier alpha value is -3.10. The first-order valence-corrected chi connectivity index (χ1v) is 12.1. The highest BCUT2D eigenvalue weighted by Crippen LogP contribution is 2.39. The lowest BCUT2D eigenvalue weighted by Crippen LogP contribution is -2.30. The Morgan fingerprint density at radius 2 is 1.88 bits per heavy atom. The van der Waals surface area contributed by atoms with Crippen LogP contribution in [0.25, 0.3) is 10.2 Å². The Bertz CT molecular complexity index is 1170. The fourth-order valence-corrected chi connectivity index (χ4v) is 5.27. The maximum atomic E-state index is 13.3. The zero-order valence-electron chi connectivity index (χ0n) is 17.3. The molecule has 32 heavy (non-hydrogen) atoms. The van der Waals surface area contributed by atoms with Crippen LogP contribution in [0.2, 0.25) is 0 Å². The number of amides is 1. The molecule has 6 nitrogen and oxygen atoms in total. The molecule has 162 valence electrons. The summed E-state index contributed by atoms with van der Waals surface area (Å²) in [4.78, 5) is 25.2. The summed E-state index contributed by atoms with van der Waals surface area (Å²) in [6.07, 6.45) is 3.93. The quantitative estimate of drug-likeness (QED) is 0.352. The van der Waals surface area contributed by atoms with E-state index in [9.17, 15) is 4.79 Å². The van der Waals surface area contributed by atoms with Gasteiger partial charge in [0.1, 0.15) is 13.2 Å². The first-order valence-electron chi connectivity index (χ1n) is 10.3. The van der Waals surface area contributed by atoms with Crippen LogP contribution in [0.3, 0.4) is 0 Å². The number of ether oxygens (including phenoxy) is 2. The van der Waals surface area contributed by atoms with E-state index in [0.717, 1.165) is 26.4 Å². The smallest absolute Gasteiger partial charge is 0.229 e. The van der Waals surface area contributed by atoms with Crippen LogP contribution in [0.5, 0.6) is 11.5 Å². The van der Waals surface area contributed by atoms with Gasteiger partial charge in [-0.25, -0.2) is 4.98 Å². The van der Waals surface area contributed by atoms with E-state index in [1.54, 1.807) is 29.1 Å². The summed E-state index contributed by atoms with van der Waals surface area (Å²) >= 11 is 3.17. The third-order valence-electron chi connectivity index (χ3n) is 4.96. The predicted octanol–water partition coefficient (Wildman–Crippen LogP) is 5.18. The second-order valence-electron chi connectivity index (χ2n) is 7.21. The number of aromatic nitrogens is 2. The number of rotatable bonds is 7. The van der Waals surface area contributed by atoms with Crippen molar-refractivity contribution in [2.45, 2.75) is 17.9 Å². The van der Waals surface area contributed by atoms with Crippen molar-refractivity contribution in [3.8, 4) is 11.5 Å². The summed E-state index contributed by atoms with van der Waals surface area (Å²) in [6.45, 7) is 1.49. The van der Waals surface area contributed by atoms with E-state index in [-0.39, 0.29) is 5.91 Å². The zero-order valence-corrected chi connectivity index (χ0v) is 18.9. The van der Waals surface area contributed by atoms with Gasteiger partial charge >= 0.3 is 0 Å². The van der Waals surface area contributed by atoms with Crippen LogP contribution < -0.4 is 14.4 Å². The molecular formula is C24H21N3O3S2. The molecule has 0 N–H and O–H groups in total. The highest BCUT2D eigenvalue weighted by molar-refractivity contribution is 7.99. The number of thioether (sulfide) groups is 1. The number of pyridine rings is 1. The minimum Gasteiger partial charge on any atom is -0.486 e. The fraction of sp³-hybridized carbons (Fsp3) is 0.208. The number of anilines is 1. The Labute approximate surface area is 194 Å². The summed E-state index contributed by atoms with van der Waals surface area (Å²) < 4.78 is 12.4. The molecule has 1 amide bonds. The molecule has 8 heteroatoms. The van der Waals surface area contributed by atoms with E-state index in [4.69, 9.17) is 14.5 Å². The lowest BCUT2D eigenvalue weighted by molar-refractivity contribution is -0.118. The van der Waals surface area contributed by atoms with E-state index in [2.05, 4.69) is 17.1 Å². The van der Waals surface area contributed by atoms with Crippen molar-refractivity contribution in [1.29, 1.82) is 0 Å². The summed E-state index contributed by atoms with van der Waals surface area (Å²) in [7, 11) is 0. The molecule has 0 saturated heterocycles. The first kappa shape index (κ1) is 20.8. The van der Waals surface area contributed by atoms with Crippen LogP contribution in [0.15, 0.2) is 71.9 Å². The van der Waals surface area contributed by atoms with Gasteiger partial charge < -0.3 is 9.47 Å². The topological polar surface area (TPSA) is 64.6 Å². The molecule has 5 rings (SSSR count). The second-order valence-corrected chi connectivity index (χ2v) is 9.39. The summed E-state index contributed by atoms with van der Waals surface area (Å²) in [5.41, 5.74) is 1.76. The van der Waals surface area contributed by atoms with Gasteiger partial charge in [0.25, 0.3) is 0 Å². The van der Waals surface area contributed by atoms with Crippen LogP contribution in [0.4, 0.5) is 5.13 Å². The van der Waals surface area contributed by atoms with Crippen molar-refractivity contribution in [3.63, 3.8) is 0 Å². The number of hydrogen-bond donors (Lipinski definition) is 0. The van der Waals surface area contributed by atoms with E-state index < -0.39 is 0 Å². The summed E-state index contributed by atoms with van der Waals surface area (Å²) in [5.74, 6) is 2.16. The standard InChI is InChI=1S/C24H21N3O3S2/c28-23(8-12-31-18-6-2-1-3-7-18)27(16-17-5-4-9-25-15-17)24-26-19-13-20-21(14-22(19)32-24)30-11-10-29-20/h1-7,9,13-15H,8,10-12,16H2. The Kier molecular flexibility index (Phi) is 6.22. The van der Waals surface area contributed by atoms with Crippen molar-refractivity contribution >= 4 is 44.4 Å². The van der Waals surface area contributed by atoms with Gasteiger partial charge in [-0.3, -0.25) is 14.7 Å². The van der Waals surface area contributed by atoms with Gasteiger partial charge in [0.15, 0.2) is 16.6 Å². The van der Waals surface area contributed by atoms with Crippen molar-refractivity contribution in [2.24, 2.45) is 0 Å². The average molecular weight is 464 g/mol. The van der Waals surface area contributed by atoms with Crippen molar-refractivity contribution in [3.05, 3.63) is 72.6 Å². The molecule has 2 aromatic carbocycles. The summed E-state index contributed by atoms with van der Waals surface area (Å²) in [5, 5.41) is 0.668. The van der Waals surface area contributed by atoms with Crippen molar-refractivity contribution < 1.29 is 14.3 Å². The van der Waals surface area contributed by atoms with Gasteiger partial charge in [-0.15, -0.1) is 11.8 Å². The predicted molar refractivity (Wildman–Crippen MR) is 128 cm³/mol. The Morgan fingerprint density at radius 3 is 2.66 bits per heavy atom. The molecule has 3 heterocycles. The van der Waals surface area contributed by atoms with Crippen LogP contribution >= 0.6 is 23.1 Å². The molecule has 4 aromatic rings. The molecule has 0 bridgehead atoms. The molecule has 0 saturated carbocycles. The van der Waals surface area contributed by atoms with Crippen LogP contribution in [0.1, 0.15) is 12.0 Å². The molecule has 0 unspecified atom stereocenters. The largest absolute Gasteiger partial charge is 0.486 e. The Balaban J connectivity index is 1.39. The van der Waals surface area contributed by atoms with E-state index in [1.807, 2.05) is 42.5 Å². The number of nitrogens with zero attached hydrogens (tertiary/aromatic N) is 3. The molecule has 0 radical (unpaired) electrons. The van der Waals surface area contributed by atoms with Gasteiger partial charge in [-0.2, -0.15) is 0 Å². The maximum Gasteiger partial charge on any atom is 0.229 e. The lowest BCUT2D eigenvalue weighted by Gasteiger charge is -2.20. The van der Waals surface area contributed by atoms with Gasteiger partial charge in [0.05, 0.1) is 16.8 Å². The number of fused-ring (bicyclic) bond motifs is 2. The monoisotopic (exact) mass is 463 g/mol. The van der Waals surface area contributed by atoms with Crippen LogP contribution in [0, 0.1) is 0 Å². The third-order valence-corrected chi connectivity index (χ3v) is 7.02. The van der Waals surface area contributed by atoms with Crippen molar-refractivity contribution in [2.75, 3.05) is 23.9 Å². The lowest BCUT2D eigenvalue weighted by atomic mass is 10.2. The van der Waals surface area contributed by atoms with Gasteiger partial charge in [0, 0.05) is 41.6 Å². The molecule has 0 atom stereocenters. The molecule has 0 aliphatic carbocycles. The molecule has 0 spiro atoms. The maximum absolute atomic E-state index is 13.3. The van der Waals surface area contributed by atoms with E-state index >= 15 is 0 Å². The number of carbonyl (C=O) groups is 1. The van der Waals surface area contributed by atoms with E-state index in [0.29, 0.717) is 42.8 Å². The van der Waals surface area contributed by atoms with E-state index in [1.165, 1.54) is 11.3 Å². The van der Waals surface area contributed by atoms with Gasteiger partial charge in [0.2, 0.25) is 5.91 Å². The zero-order chi connectivity index (χ0) is 21.8. The minimum absolute atomic E-state index is 0.0357. The molecular weight excluding hydrogens is 442 g/mol. The normalized spacial score (nSPS) is 12.6. The minimum atomic E-state index is 0.0357. The highest BCUT2D eigenvalue weighted by atomic mass is 32.2. The number of hydrogen-bond acceptors (Lipinski definition) is 7. The molecule has 1 aliphatic heterocycles. The third kappa shape index (κ3) is 4.71. The molecule has 2 aromatic heterocycles. The first-order chi connectivity index (χ1) is 15.8. The fourth-order valence-electron chi connectivity index (χ4n) is 3.41. The van der Waals surface area contributed by atoms with Gasteiger partial charge in [-0.05, 0) is 23.8 Å². The second kappa shape index (κ2) is 9.58. The summed E-state index contributed by atoms with van der Waals surface area (Å²) in [6, 6.07) is 17.8. The highest BCUT2D eigenvalue weighted by Gasteiger charge is 2.22. The van der Waals surface area contributed by atoms with Crippen LogP contribution in [-0.2, 0) is 11.3 Å². The molecule has 1 aliphatic rings. The number of thiazole rings is 1. The Morgan fingerprint density at radius 1 is 1.06 bits per heavy atom. The number of benzene rings is 2.